The van der Waals surface area contributed by atoms with Gasteiger partial charge in [-0.25, -0.2) is 9.97 Å². The highest BCUT2D eigenvalue weighted by Gasteiger charge is 2.07. The van der Waals surface area contributed by atoms with E-state index in [-0.39, 0.29) is 0 Å². The van der Waals surface area contributed by atoms with Gasteiger partial charge in [-0.1, -0.05) is 0 Å². The van der Waals surface area contributed by atoms with Crippen LogP contribution in [0.25, 0.3) is 11.6 Å². The third kappa shape index (κ3) is 2.04. The first-order valence-electron chi connectivity index (χ1n) is 3.92. The molecule has 2 aromatic rings. The summed E-state index contributed by atoms with van der Waals surface area (Å²) in [4.78, 5) is 8.47. The molecule has 2 heterocycles. The first kappa shape index (κ1) is 9.86. The van der Waals surface area contributed by atoms with Gasteiger partial charge in [0.2, 0.25) is 0 Å². The standard InChI is InChI=1S/C9H6Br2N2O/c1-5-4-7(10)13-9(12-5)6-2-3-8(11)14-6/h2-4H,1H3. The zero-order valence-corrected chi connectivity index (χ0v) is 10.5. The second kappa shape index (κ2) is 3.82. The van der Waals surface area contributed by atoms with Crippen LogP contribution in [0.4, 0.5) is 0 Å². The van der Waals surface area contributed by atoms with Crippen LogP contribution >= 0.6 is 31.9 Å². The molecule has 0 aliphatic carbocycles. The number of hydrogen-bond acceptors (Lipinski definition) is 3. The Morgan fingerprint density at radius 1 is 1.21 bits per heavy atom. The summed E-state index contributed by atoms with van der Waals surface area (Å²) in [6.45, 7) is 1.91. The molecule has 2 aromatic heterocycles. The second-order valence-electron chi connectivity index (χ2n) is 2.76. The zero-order valence-electron chi connectivity index (χ0n) is 7.29. The third-order valence-electron chi connectivity index (χ3n) is 1.62. The van der Waals surface area contributed by atoms with Crippen LogP contribution < -0.4 is 0 Å². The highest BCUT2D eigenvalue weighted by molar-refractivity contribution is 9.10. The molecule has 0 bridgehead atoms. The molecule has 5 heteroatoms. The fourth-order valence-electron chi connectivity index (χ4n) is 1.07. The number of nitrogens with zero attached hydrogens (tertiary/aromatic N) is 2. The molecule has 0 saturated carbocycles. The maximum absolute atomic E-state index is 5.35. The highest BCUT2D eigenvalue weighted by atomic mass is 79.9. The molecule has 0 atom stereocenters. The van der Waals surface area contributed by atoms with Gasteiger partial charge in [-0.3, -0.25) is 0 Å². The predicted octanol–water partition coefficient (Wildman–Crippen LogP) is 3.57. The fourth-order valence-corrected chi connectivity index (χ4v) is 1.88. The minimum atomic E-state index is 0.586. The highest BCUT2D eigenvalue weighted by Crippen LogP contribution is 2.23. The van der Waals surface area contributed by atoms with E-state index in [2.05, 4.69) is 41.8 Å². The molecule has 0 aliphatic heterocycles. The summed E-state index contributed by atoms with van der Waals surface area (Å²) in [6.07, 6.45) is 0. The molecule has 0 saturated heterocycles. The van der Waals surface area contributed by atoms with Crippen LogP contribution in [-0.4, -0.2) is 9.97 Å². The van der Waals surface area contributed by atoms with Crippen molar-refractivity contribution >= 4 is 31.9 Å². The van der Waals surface area contributed by atoms with E-state index < -0.39 is 0 Å². The van der Waals surface area contributed by atoms with Crippen molar-refractivity contribution in [1.29, 1.82) is 0 Å². The Hall–Kier alpha value is -0.680. The van der Waals surface area contributed by atoms with Crippen molar-refractivity contribution in [3.8, 4) is 11.6 Å². The molecule has 72 valence electrons. The molecule has 0 unspecified atom stereocenters. The van der Waals surface area contributed by atoms with E-state index in [0.29, 0.717) is 16.3 Å². The van der Waals surface area contributed by atoms with Crippen LogP contribution in [-0.2, 0) is 0 Å². The topological polar surface area (TPSA) is 38.9 Å². The number of furan rings is 1. The number of aromatic nitrogens is 2. The van der Waals surface area contributed by atoms with E-state index in [9.17, 15) is 0 Å². The zero-order chi connectivity index (χ0) is 10.1. The van der Waals surface area contributed by atoms with Crippen molar-refractivity contribution in [3.05, 3.63) is 33.2 Å². The van der Waals surface area contributed by atoms with Crippen LogP contribution in [0.5, 0.6) is 0 Å². The second-order valence-corrected chi connectivity index (χ2v) is 4.35. The van der Waals surface area contributed by atoms with Gasteiger partial charge in [-0.15, -0.1) is 0 Å². The van der Waals surface area contributed by atoms with Crippen LogP contribution in [0.2, 0.25) is 0 Å². The van der Waals surface area contributed by atoms with Gasteiger partial charge < -0.3 is 4.42 Å². The van der Waals surface area contributed by atoms with Gasteiger partial charge in [0.05, 0.1) is 0 Å². The molecule has 0 N–H and O–H groups in total. The number of aryl methyl sites for hydroxylation is 1. The van der Waals surface area contributed by atoms with E-state index in [1.807, 2.05) is 25.1 Å². The molecule has 0 aliphatic rings. The average molecular weight is 318 g/mol. The number of halogens is 2. The van der Waals surface area contributed by atoms with Crippen molar-refractivity contribution in [2.75, 3.05) is 0 Å². The Labute approximate surface area is 97.8 Å². The first-order chi connectivity index (χ1) is 6.65. The van der Waals surface area contributed by atoms with E-state index in [1.54, 1.807) is 0 Å². The third-order valence-corrected chi connectivity index (χ3v) is 2.45. The monoisotopic (exact) mass is 316 g/mol. The van der Waals surface area contributed by atoms with Gasteiger partial charge in [0.25, 0.3) is 0 Å². The lowest BCUT2D eigenvalue weighted by Crippen LogP contribution is -1.90. The predicted molar refractivity (Wildman–Crippen MR) is 59.9 cm³/mol. The van der Waals surface area contributed by atoms with Crippen molar-refractivity contribution in [2.24, 2.45) is 0 Å². The van der Waals surface area contributed by atoms with Crippen LogP contribution in [0.3, 0.4) is 0 Å². The van der Waals surface area contributed by atoms with Crippen LogP contribution in [0, 0.1) is 6.92 Å². The van der Waals surface area contributed by atoms with Gasteiger partial charge in [-0.05, 0) is 57.0 Å². The lowest BCUT2D eigenvalue weighted by atomic mass is 10.4. The summed E-state index contributed by atoms with van der Waals surface area (Å²) in [7, 11) is 0. The summed E-state index contributed by atoms with van der Waals surface area (Å²) in [5, 5.41) is 0. The van der Waals surface area contributed by atoms with Gasteiger partial charge in [0, 0.05) is 5.69 Å². The molecule has 14 heavy (non-hydrogen) atoms. The molecule has 3 nitrogen and oxygen atoms in total. The van der Waals surface area contributed by atoms with E-state index in [0.717, 1.165) is 10.3 Å². The summed E-state index contributed by atoms with van der Waals surface area (Å²) in [5.41, 5.74) is 0.898. The van der Waals surface area contributed by atoms with Crippen LogP contribution in [0.1, 0.15) is 5.69 Å². The Kier molecular flexibility index (Phi) is 2.69. The Bertz CT molecular complexity index is 447. The van der Waals surface area contributed by atoms with E-state index >= 15 is 0 Å². The van der Waals surface area contributed by atoms with Crippen molar-refractivity contribution in [1.82, 2.24) is 9.97 Å². The largest absolute Gasteiger partial charge is 0.446 e. The van der Waals surface area contributed by atoms with Crippen molar-refractivity contribution in [2.45, 2.75) is 6.92 Å². The normalized spacial score (nSPS) is 10.5. The lowest BCUT2D eigenvalue weighted by Gasteiger charge is -1.98. The average Bonchev–Trinajstić information content (AvgIpc) is 2.50. The molecule has 0 fully saturated rings. The Morgan fingerprint density at radius 2 is 2.00 bits per heavy atom. The van der Waals surface area contributed by atoms with Crippen molar-refractivity contribution in [3.63, 3.8) is 0 Å². The number of hydrogen-bond donors (Lipinski definition) is 0. The number of rotatable bonds is 1. The summed E-state index contributed by atoms with van der Waals surface area (Å²) < 4.78 is 6.78. The minimum absolute atomic E-state index is 0.586. The Balaban J connectivity index is 2.51. The summed E-state index contributed by atoms with van der Waals surface area (Å²) in [5.74, 6) is 1.24. The molecular weight excluding hydrogens is 312 g/mol. The summed E-state index contributed by atoms with van der Waals surface area (Å²) >= 11 is 6.55. The van der Waals surface area contributed by atoms with Crippen LogP contribution in [0.15, 0.2) is 31.9 Å². The van der Waals surface area contributed by atoms with Gasteiger partial charge >= 0.3 is 0 Å². The maximum atomic E-state index is 5.35. The first-order valence-corrected chi connectivity index (χ1v) is 5.50. The van der Waals surface area contributed by atoms with Gasteiger partial charge in [-0.2, -0.15) is 0 Å². The molecule has 0 radical (unpaired) electrons. The van der Waals surface area contributed by atoms with Crippen molar-refractivity contribution < 1.29 is 4.42 Å². The minimum Gasteiger partial charge on any atom is -0.446 e. The smallest absolute Gasteiger partial charge is 0.197 e. The fraction of sp³-hybridized carbons (Fsp3) is 0.111. The maximum Gasteiger partial charge on any atom is 0.197 e. The van der Waals surface area contributed by atoms with E-state index in [1.165, 1.54) is 0 Å². The lowest BCUT2D eigenvalue weighted by molar-refractivity contribution is 0.551. The molecule has 0 aromatic carbocycles. The SMILES string of the molecule is Cc1cc(Br)nc(-c2ccc(Br)o2)n1. The molecule has 2 rings (SSSR count). The van der Waals surface area contributed by atoms with Gasteiger partial charge in [0.1, 0.15) is 4.60 Å². The molecular formula is C9H6Br2N2O. The quantitative estimate of drug-likeness (QED) is 0.755. The molecule has 0 spiro atoms. The molecule has 0 amide bonds. The van der Waals surface area contributed by atoms with E-state index in [4.69, 9.17) is 4.42 Å². The summed E-state index contributed by atoms with van der Waals surface area (Å²) in [6, 6.07) is 5.49. The van der Waals surface area contributed by atoms with Gasteiger partial charge in [0.15, 0.2) is 16.3 Å². The Morgan fingerprint density at radius 3 is 2.57 bits per heavy atom.